The zero-order valence-corrected chi connectivity index (χ0v) is 12.6. The maximum Gasteiger partial charge on any atom is 0.389 e. The molecular weight excluding hydrogens is 327 g/mol. The number of nitrogens with zero attached hydrogens (tertiary/aromatic N) is 1. The Kier molecular flexibility index (Phi) is 7.02. The molecule has 2 nitrogen and oxygen atoms in total. The van der Waals surface area contributed by atoms with Gasteiger partial charge in [-0.25, -0.2) is 8.78 Å². The van der Waals surface area contributed by atoms with E-state index in [1.807, 2.05) is 4.90 Å². The highest BCUT2D eigenvalue weighted by Crippen LogP contribution is 2.32. The highest BCUT2D eigenvalue weighted by atomic mass is 35.5. The van der Waals surface area contributed by atoms with Crippen LogP contribution in [0.15, 0.2) is 18.2 Å². The molecule has 1 aliphatic heterocycles. The van der Waals surface area contributed by atoms with Crippen LogP contribution in [0, 0.1) is 11.6 Å². The number of hydrogen-bond acceptors (Lipinski definition) is 2. The number of benzene rings is 1. The highest BCUT2D eigenvalue weighted by Gasteiger charge is 2.31. The van der Waals surface area contributed by atoms with Crippen LogP contribution in [0.2, 0.25) is 0 Å². The summed E-state index contributed by atoms with van der Waals surface area (Å²) < 4.78 is 63.8. The summed E-state index contributed by atoms with van der Waals surface area (Å²) in [6.45, 7) is 2.52. The predicted octanol–water partition coefficient (Wildman–Crippen LogP) is 3.68. The van der Waals surface area contributed by atoms with E-state index in [9.17, 15) is 22.0 Å². The third kappa shape index (κ3) is 5.37. The first-order chi connectivity index (χ1) is 9.87. The summed E-state index contributed by atoms with van der Waals surface area (Å²) in [4.78, 5) is 1.88. The van der Waals surface area contributed by atoms with Gasteiger partial charge in [-0.3, -0.25) is 4.90 Å². The Morgan fingerprint density at radius 1 is 1.09 bits per heavy atom. The van der Waals surface area contributed by atoms with Crippen LogP contribution in [0.1, 0.15) is 24.4 Å². The van der Waals surface area contributed by atoms with E-state index in [1.54, 1.807) is 0 Å². The molecule has 1 aromatic carbocycles. The van der Waals surface area contributed by atoms with Gasteiger partial charge in [0.25, 0.3) is 0 Å². The molecule has 0 saturated carbocycles. The number of rotatable bonds is 4. The Morgan fingerprint density at radius 3 is 2.27 bits per heavy atom. The zero-order valence-electron chi connectivity index (χ0n) is 11.8. The van der Waals surface area contributed by atoms with Gasteiger partial charge in [-0.05, 0) is 24.1 Å². The van der Waals surface area contributed by atoms with E-state index in [0.717, 1.165) is 12.1 Å². The van der Waals surface area contributed by atoms with Gasteiger partial charge in [-0.1, -0.05) is 6.07 Å². The molecule has 0 radical (unpaired) electrons. The van der Waals surface area contributed by atoms with Gasteiger partial charge >= 0.3 is 6.18 Å². The largest absolute Gasteiger partial charge is 0.389 e. The summed E-state index contributed by atoms with van der Waals surface area (Å²) in [5.41, 5.74) is 0.389. The van der Waals surface area contributed by atoms with Crippen molar-refractivity contribution >= 4 is 12.4 Å². The zero-order chi connectivity index (χ0) is 15.5. The molecule has 1 fully saturated rings. The van der Waals surface area contributed by atoms with Crippen molar-refractivity contribution in [1.82, 2.24) is 10.2 Å². The van der Waals surface area contributed by atoms with Gasteiger partial charge in [-0.2, -0.15) is 13.2 Å². The fourth-order valence-electron chi connectivity index (χ4n) is 2.57. The molecule has 2 rings (SSSR count). The molecule has 1 aromatic rings. The highest BCUT2D eigenvalue weighted by molar-refractivity contribution is 5.85. The molecule has 0 unspecified atom stereocenters. The normalized spacial score (nSPS) is 17.9. The average Bonchev–Trinajstić information content (AvgIpc) is 2.43. The van der Waals surface area contributed by atoms with Crippen molar-refractivity contribution in [3.63, 3.8) is 0 Å². The Hall–Kier alpha value is -0.920. The van der Waals surface area contributed by atoms with E-state index in [1.165, 1.54) is 6.07 Å². The number of halogens is 6. The summed E-state index contributed by atoms with van der Waals surface area (Å²) >= 11 is 0. The first-order valence-corrected chi connectivity index (χ1v) is 6.83. The van der Waals surface area contributed by atoms with Gasteiger partial charge in [0.2, 0.25) is 0 Å². The Balaban J connectivity index is 0.00000242. The van der Waals surface area contributed by atoms with Crippen molar-refractivity contribution in [3.05, 3.63) is 35.4 Å². The Morgan fingerprint density at radius 2 is 1.73 bits per heavy atom. The van der Waals surface area contributed by atoms with E-state index < -0.39 is 30.3 Å². The Labute approximate surface area is 132 Å². The van der Waals surface area contributed by atoms with E-state index in [4.69, 9.17) is 0 Å². The topological polar surface area (TPSA) is 15.3 Å². The van der Waals surface area contributed by atoms with Crippen LogP contribution in [0.25, 0.3) is 0 Å². The third-order valence-electron chi connectivity index (χ3n) is 3.62. The molecule has 22 heavy (non-hydrogen) atoms. The molecule has 0 spiro atoms. The van der Waals surface area contributed by atoms with E-state index in [2.05, 4.69) is 5.32 Å². The fraction of sp³-hybridized carbons (Fsp3) is 0.571. The van der Waals surface area contributed by atoms with Gasteiger partial charge in [0.05, 0.1) is 0 Å². The van der Waals surface area contributed by atoms with Crippen LogP contribution in [0.3, 0.4) is 0 Å². The van der Waals surface area contributed by atoms with Crippen molar-refractivity contribution in [2.24, 2.45) is 0 Å². The second-order valence-corrected chi connectivity index (χ2v) is 5.13. The van der Waals surface area contributed by atoms with Gasteiger partial charge in [0.15, 0.2) is 11.6 Å². The lowest BCUT2D eigenvalue weighted by Crippen LogP contribution is -2.45. The van der Waals surface area contributed by atoms with Gasteiger partial charge in [0, 0.05) is 38.6 Å². The first kappa shape index (κ1) is 19.1. The van der Waals surface area contributed by atoms with Crippen molar-refractivity contribution in [3.8, 4) is 0 Å². The maximum absolute atomic E-state index is 13.4. The smallest absolute Gasteiger partial charge is 0.314 e. The van der Waals surface area contributed by atoms with Gasteiger partial charge in [-0.15, -0.1) is 12.4 Å². The molecular formula is C14H18ClF5N2. The number of hydrogen-bond donors (Lipinski definition) is 1. The van der Waals surface area contributed by atoms with Crippen molar-refractivity contribution in [2.75, 3.05) is 26.2 Å². The number of piperazine rings is 1. The SMILES string of the molecule is Cl.Fc1ccc([C@H](CCC(F)(F)F)N2CCNCC2)cc1F. The minimum Gasteiger partial charge on any atom is -0.314 e. The van der Waals surface area contributed by atoms with Crippen LogP contribution in [0.5, 0.6) is 0 Å². The van der Waals surface area contributed by atoms with Crippen LogP contribution in [0.4, 0.5) is 22.0 Å². The molecule has 0 bridgehead atoms. The molecule has 1 saturated heterocycles. The molecule has 1 atom stereocenters. The van der Waals surface area contributed by atoms with E-state index >= 15 is 0 Å². The summed E-state index contributed by atoms with van der Waals surface area (Å²) in [5.74, 6) is -2.02. The lowest BCUT2D eigenvalue weighted by atomic mass is 9.99. The third-order valence-corrected chi connectivity index (χ3v) is 3.62. The summed E-state index contributed by atoms with van der Waals surface area (Å²) in [6, 6.07) is 2.77. The number of nitrogens with one attached hydrogen (secondary N) is 1. The van der Waals surface area contributed by atoms with Crippen LogP contribution in [-0.4, -0.2) is 37.3 Å². The monoisotopic (exact) mass is 344 g/mol. The van der Waals surface area contributed by atoms with Gasteiger partial charge < -0.3 is 5.32 Å². The summed E-state index contributed by atoms with van der Waals surface area (Å²) in [5, 5.41) is 3.12. The minimum absolute atomic E-state index is 0. The first-order valence-electron chi connectivity index (χ1n) is 6.83. The Bertz CT molecular complexity index is 475. The van der Waals surface area contributed by atoms with Gasteiger partial charge in [0.1, 0.15) is 0 Å². The quantitative estimate of drug-likeness (QED) is 0.838. The molecule has 0 aromatic heterocycles. The van der Waals surface area contributed by atoms with Crippen molar-refractivity contribution in [2.45, 2.75) is 25.1 Å². The standard InChI is InChI=1S/C14H17F5N2.ClH/c15-11-2-1-10(9-12(11)16)13(3-4-14(17,18)19)21-7-5-20-6-8-21;/h1-2,9,13,20H,3-8H2;1H/t13-;/m0./s1. The molecule has 1 N–H and O–H groups in total. The predicted molar refractivity (Wildman–Crippen MR) is 76.1 cm³/mol. The molecule has 8 heteroatoms. The van der Waals surface area contributed by atoms with Crippen LogP contribution in [-0.2, 0) is 0 Å². The van der Waals surface area contributed by atoms with E-state index in [0.29, 0.717) is 31.7 Å². The van der Waals surface area contributed by atoms with Crippen molar-refractivity contribution in [1.29, 1.82) is 0 Å². The van der Waals surface area contributed by atoms with E-state index in [-0.39, 0.29) is 18.8 Å². The second kappa shape index (κ2) is 8.08. The second-order valence-electron chi connectivity index (χ2n) is 5.13. The van der Waals surface area contributed by atoms with Crippen LogP contribution >= 0.6 is 12.4 Å². The molecule has 0 aliphatic carbocycles. The molecule has 0 amide bonds. The molecule has 1 heterocycles. The maximum atomic E-state index is 13.4. The average molecular weight is 345 g/mol. The molecule has 1 aliphatic rings. The fourth-order valence-corrected chi connectivity index (χ4v) is 2.57. The molecule has 126 valence electrons. The van der Waals surface area contributed by atoms with Crippen LogP contribution < -0.4 is 5.32 Å². The lowest BCUT2D eigenvalue weighted by molar-refractivity contribution is -0.138. The van der Waals surface area contributed by atoms with Crippen molar-refractivity contribution < 1.29 is 22.0 Å². The number of alkyl halides is 3. The minimum atomic E-state index is -4.26. The summed E-state index contributed by atoms with van der Waals surface area (Å²) in [7, 11) is 0. The lowest BCUT2D eigenvalue weighted by Gasteiger charge is -2.35. The summed E-state index contributed by atoms with van der Waals surface area (Å²) in [6.07, 6.45) is -5.36.